The maximum absolute atomic E-state index is 11.9. The van der Waals surface area contributed by atoms with E-state index in [2.05, 4.69) is 15.7 Å². The van der Waals surface area contributed by atoms with Gasteiger partial charge in [-0.25, -0.2) is 0 Å². The van der Waals surface area contributed by atoms with Gasteiger partial charge in [0.05, 0.1) is 12.6 Å². The number of anilines is 2. The van der Waals surface area contributed by atoms with Gasteiger partial charge in [0.25, 0.3) is 5.91 Å². The molecule has 152 valence electrons. The van der Waals surface area contributed by atoms with Crippen molar-refractivity contribution in [2.24, 2.45) is 11.5 Å². The summed E-state index contributed by atoms with van der Waals surface area (Å²) in [6.07, 6.45) is 4.36. The van der Waals surface area contributed by atoms with Crippen LogP contribution in [0.4, 0.5) is 11.5 Å². The van der Waals surface area contributed by atoms with Gasteiger partial charge in [0.2, 0.25) is 0 Å². The Hall–Kier alpha value is -2.13. The van der Waals surface area contributed by atoms with Crippen LogP contribution in [0.5, 0.6) is 0 Å². The first-order valence-corrected chi connectivity index (χ1v) is 9.75. The third-order valence-electron chi connectivity index (χ3n) is 5.05. The van der Waals surface area contributed by atoms with Gasteiger partial charge in [0, 0.05) is 42.6 Å². The molecule has 0 spiro atoms. The third-order valence-corrected chi connectivity index (χ3v) is 5.30. The summed E-state index contributed by atoms with van der Waals surface area (Å²) in [6.45, 7) is 1.48. The largest absolute Gasteiger partial charge is 0.383 e. The molecule has 9 heteroatoms. The molecular formula is C19H27ClN6O2. The predicted molar refractivity (Wildman–Crippen MR) is 110 cm³/mol. The molecule has 1 saturated carbocycles. The first-order chi connectivity index (χ1) is 13.5. The fraction of sp³-hybridized carbons (Fsp3) is 0.474. The molecule has 3 rings (SSSR count). The monoisotopic (exact) mass is 406 g/mol. The number of rotatable bonds is 8. The van der Waals surface area contributed by atoms with Gasteiger partial charge in [0.15, 0.2) is 5.82 Å². The number of hydrogen-bond acceptors (Lipinski definition) is 6. The van der Waals surface area contributed by atoms with Crippen LogP contribution in [0.25, 0.3) is 0 Å². The number of amides is 1. The van der Waals surface area contributed by atoms with Gasteiger partial charge >= 0.3 is 0 Å². The first-order valence-electron chi connectivity index (χ1n) is 9.37. The standard InChI is InChI=1S/C19H27ClN6O2/c1-28-9-8-23-14-6-7-17(16(21)10-14)26-11-15(18(22)27)19(25-26)24-13-4-2-12(20)3-5-13/h2-5,11,14,16-17,23H,6-10,21H2,1H3,(H2,22,27)(H,24,25)/t14-,16-,17?/m0/s1. The molecule has 0 bridgehead atoms. The number of nitrogens with two attached hydrogens (primary N) is 2. The van der Waals surface area contributed by atoms with Crippen molar-refractivity contribution in [2.75, 3.05) is 25.6 Å². The summed E-state index contributed by atoms with van der Waals surface area (Å²) in [4.78, 5) is 11.9. The smallest absolute Gasteiger partial charge is 0.254 e. The van der Waals surface area contributed by atoms with Gasteiger partial charge in [0.1, 0.15) is 5.56 Å². The number of halogens is 1. The number of primary amides is 1. The molecule has 1 fully saturated rings. The normalized spacial score (nSPS) is 22.2. The number of nitrogens with one attached hydrogen (secondary N) is 2. The van der Waals surface area contributed by atoms with Gasteiger partial charge in [-0.2, -0.15) is 5.10 Å². The number of hydrogen-bond donors (Lipinski definition) is 4. The highest BCUT2D eigenvalue weighted by atomic mass is 35.5. The lowest BCUT2D eigenvalue weighted by atomic mass is 9.87. The molecule has 1 aliphatic carbocycles. The summed E-state index contributed by atoms with van der Waals surface area (Å²) in [6, 6.07) is 7.46. The van der Waals surface area contributed by atoms with Crippen molar-refractivity contribution >= 4 is 29.0 Å². The highest BCUT2D eigenvalue weighted by molar-refractivity contribution is 6.30. The topological polar surface area (TPSA) is 120 Å². The SMILES string of the molecule is COCCN[C@H]1CCC(n2cc(C(N)=O)c(Nc3ccc(Cl)cc3)n2)[C@@H](N)C1. The van der Waals surface area contributed by atoms with Crippen LogP contribution in [-0.2, 0) is 4.74 Å². The zero-order valence-corrected chi connectivity index (χ0v) is 16.7. The van der Waals surface area contributed by atoms with E-state index < -0.39 is 5.91 Å². The molecule has 1 aromatic heterocycles. The summed E-state index contributed by atoms with van der Waals surface area (Å²) >= 11 is 5.92. The summed E-state index contributed by atoms with van der Waals surface area (Å²) in [5.41, 5.74) is 13.1. The van der Waals surface area contributed by atoms with E-state index in [1.54, 1.807) is 30.1 Å². The Kier molecular flexibility index (Phi) is 6.90. The number of benzene rings is 1. The molecule has 0 aliphatic heterocycles. The quantitative estimate of drug-likeness (QED) is 0.498. The first kappa shape index (κ1) is 20.6. The van der Waals surface area contributed by atoms with Crippen molar-refractivity contribution < 1.29 is 9.53 Å². The van der Waals surface area contributed by atoms with Gasteiger partial charge in [-0.15, -0.1) is 0 Å². The molecule has 1 aliphatic rings. The molecule has 0 saturated heterocycles. The predicted octanol–water partition coefficient (Wildman–Crippen LogP) is 2.04. The van der Waals surface area contributed by atoms with Crippen molar-refractivity contribution in [3.8, 4) is 0 Å². The average molecular weight is 407 g/mol. The van der Waals surface area contributed by atoms with Crippen LogP contribution in [0, 0.1) is 0 Å². The van der Waals surface area contributed by atoms with Gasteiger partial charge in [-0.05, 0) is 43.5 Å². The van der Waals surface area contributed by atoms with Gasteiger partial charge in [-0.3, -0.25) is 9.48 Å². The number of ether oxygens (including phenoxy) is 1. The van der Waals surface area contributed by atoms with Crippen LogP contribution < -0.4 is 22.1 Å². The van der Waals surface area contributed by atoms with E-state index in [1.807, 2.05) is 12.1 Å². The van der Waals surface area contributed by atoms with Crippen molar-refractivity contribution in [1.29, 1.82) is 0 Å². The lowest BCUT2D eigenvalue weighted by Gasteiger charge is -2.34. The minimum atomic E-state index is -0.536. The Labute approximate surface area is 169 Å². The molecule has 28 heavy (non-hydrogen) atoms. The lowest BCUT2D eigenvalue weighted by molar-refractivity contribution is 0.100. The van der Waals surface area contributed by atoms with Crippen LogP contribution >= 0.6 is 11.6 Å². The second kappa shape index (κ2) is 9.38. The van der Waals surface area contributed by atoms with E-state index in [9.17, 15) is 4.79 Å². The van der Waals surface area contributed by atoms with Crippen LogP contribution in [-0.4, -0.2) is 48.0 Å². The molecule has 3 atom stereocenters. The number of carbonyl (C=O) groups excluding carboxylic acids is 1. The van der Waals surface area contributed by atoms with Crippen LogP contribution in [0.2, 0.25) is 5.02 Å². The molecule has 6 N–H and O–H groups in total. The zero-order chi connectivity index (χ0) is 20.1. The fourth-order valence-electron chi connectivity index (χ4n) is 3.57. The lowest BCUT2D eigenvalue weighted by Crippen LogP contribution is -2.45. The Morgan fingerprint density at radius 2 is 2.11 bits per heavy atom. The zero-order valence-electron chi connectivity index (χ0n) is 15.9. The van der Waals surface area contributed by atoms with E-state index in [1.165, 1.54) is 0 Å². The highest BCUT2D eigenvalue weighted by Crippen LogP contribution is 2.30. The second-order valence-electron chi connectivity index (χ2n) is 7.06. The van der Waals surface area contributed by atoms with Crippen molar-refractivity contribution in [3.63, 3.8) is 0 Å². The highest BCUT2D eigenvalue weighted by Gasteiger charge is 2.30. The minimum absolute atomic E-state index is 0.0133. The minimum Gasteiger partial charge on any atom is -0.383 e. The summed E-state index contributed by atoms with van der Waals surface area (Å²) < 4.78 is 6.85. The number of methoxy groups -OCH3 is 1. The number of aromatic nitrogens is 2. The molecule has 1 aromatic carbocycles. The third kappa shape index (κ3) is 5.02. The van der Waals surface area contributed by atoms with E-state index in [0.29, 0.717) is 29.1 Å². The number of nitrogens with zero attached hydrogens (tertiary/aromatic N) is 2. The molecule has 2 aromatic rings. The van der Waals surface area contributed by atoms with E-state index in [0.717, 1.165) is 31.5 Å². The fourth-order valence-corrected chi connectivity index (χ4v) is 3.70. The van der Waals surface area contributed by atoms with E-state index in [-0.39, 0.29) is 12.1 Å². The maximum Gasteiger partial charge on any atom is 0.254 e. The summed E-state index contributed by atoms with van der Waals surface area (Å²) in [5, 5.41) is 11.8. The number of carbonyl (C=O) groups is 1. The summed E-state index contributed by atoms with van der Waals surface area (Å²) in [5.74, 6) is -0.117. The van der Waals surface area contributed by atoms with Crippen LogP contribution in [0.3, 0.4) is 0 Å². The summed E-state index contributed by atoms with van der Waals surface area (Å²) in [7, 11) is 1.69. The second-order valence-corrected chi connectivity index (χ2v) is 7.49. The average Bonchev–Trinajstić information content (AvgIpc) is 3.08. The van der Waals surface area contributed by atoms with Crippen molar-refractivity contribution in [3.05, 3.63) is 41.0 Å². The van der Waals surface area contributed by atoms with E-state index >= 15 is 0 Å². The Morgan fingerprint density at radius 1 is 1.36 bits per heavy atom. The Balaban J connectivity index is 1.72. The Bertz CT molecular complexity index is 794. The van der Waals surface area contributed by atoms with Crippen LogP contribution in [0.15, 0.2) is 30.5 Å². The molecule has 0 radical (unpaired) electrons. The van der Waals surface area contributed by atoms with Crippen molar-refractivity contribution in [1.82, 2.24) is 15.1 Å². The molecule has 1 amide bonds. The van der Waals surface area contributed by atoms with Crippen LogP contribution in [0.1, 0.15) is 35.7 Å². The van der Waals surface area contributed by atoms with E-state index in [4.69, 9.17) is 27.8 Å². The van der Waals surface area contributed by atoms with Gasteiger partial charge < -0.3 is 26.8 Å². The molecular weight excluding hydrogens is 380 g/mol. The van der Waals surface area contributed by atoms with Gasteiger partial charge in [-0.1, -0.05) is 11.6 Å². The van der Waals surface area contributed by atoms with Crippen molar-refractivity contribution in [2.45, 2.75) is 37.4 Å². The maximum atomic E-state index is 11.9. The molecule has 1 heterocycles. The Morgan fingerprint density at radius 3 is 2.75 bits per heavy atom. The molecule has 8 nitrogen and oxygen atoms in total. The molecule has 1 unspecified atom stereocenters.